The van der Waals surface area contributed by atoms with Crippen molar-refractivity contribution in [3.63, 3.8) is 0 Å². The molecule has 2 fully saturated rings. The summed E-state index contributed by atoms with van der Waals surface area (Å²) >= 11 is 0. The van der Waals surface area contributed by atoms with E-state index in [0.29, 0.717) is 12.1 Å². The molecule has 1 amide bonds. The van der Waals surface area contributed by atoms with Crippen molar-refractivity contribution in [3.8, 4) is 11.4 Å². The summed E-state index contributed by atoms with van der Waals surface area (Å²) in [5.74, 6) is 0.874. The number of carbonyl (C=O) groups is 1. The fourth-order valence-electron chi connectivity index (χ4n) is 4.56. The molecule has 26 heavy (non-hydrogen) atoms. The summed E-state index contributed by atoms with van der Waals surface area (Å²) < 4.78 is 7.36. The third-order valence-corrected chi connectivity index (χ3v) is 5.81. The Morgan fingerprint density at radius 2 is 1.81 bits per heavy atom. The minimum absolute atomic E-state index is 0.0455. The van der Waals surface area contributed by atoms with Gasteiger partial charge in [0, 0.05) is 35.2 Å². The molecule has 4 rings (SSSR count). The summed E-state index contributed by atoms with van der Waals surface area (Å²) in [6, 6.07) is 11.3. The molecule has 0 radical (unpaired) electrons. The van der Waals surface area contributed by atoms with E-state index in [0.717, 1.165) is 41.2 Å². The average molecular weight is 353 g/mol. The molecule has 5 heteroatoms. The molecule has 0 aliphatic carbocycles. The number of rotatable bonds is 4. The van der Waals surface area contributed by atoms with Crippen LogP contribution < -0.4 is 15.4 Å². The summed E-state index contributed by atoms with van der Waals surface area (Å²) in [5, 5.41) is 6.90. The van der Waals surface area contributed by atoms with E-state index >= 15 is 0 Å². The first-order valence-electron chi connectivity index (χ1n) is 9.45. The van der Waals surface area contributed by atoms with E-state index in [9.17, 15) is 4.79 Å². The van der Waals surface area contributed by atoms with Gasteiger partial charge in [-0.15, -0.1) is 0 Å². The van der Waals surface area contributed by atoms with Crippen LogP contribution in [0, 0.1) is 13.8 Å². The van der Waals surface area contributed by atoms with Crippen molar-refractivity contribution in [1.29, 1.82) is 0 Å². The number of methoxy groups -OCH3 is 1. The van der Waals surface area contributed by atoms with Gasteiger partial charge in [-0.3, -0.25) is 4.79 Å². The van der Waals surface area contributed by atoms with Gasteiger partial charge < -0.3 is 19.9 Å². The summed E-state index contributed by atoms with van der Waals surface area (Å²) in [6.07, 6.45) is 4.56. The van der Waals surface area contributed by atoms with Gasteiger partial charge in [0.05, 0.1) is 12.7 Å². The van der Waals surface area contributed by atoms with Crippen molar-refractivity contribution >= 4 is 5.91 Å². The standard InChI is InChI=1S/C21H27N3O2/c1-13-10-20(14(2)24(13)18-6-8-19(26-3)9-7-18)21(25)23-17-11-15-4-5-16(12-17)22-15/h6-10,15-17,22H,4-5,11-12H2,1-3H3,(H,23,25). The van der Waals surface area contributed by atoms with E-state index in [1.54, 1.807) is 7.11 Å². The third kappa shape index (κ3) is 3.12. The van der Waals surface area contributed by atoms with E-state index in [2.05, 4.69) is 15.2 Å². The lowest BCUT2D eigenvalue weighted by Crippen LogP contribution is -2.48. The maximum Gasteiger partial charge on any atom is 0.253 e. The quantitative estimate of drug-likeness (QED) is 0.888. The number of nitrogens with zero attached hydrogens (tertiary/aromatic N) is 1. The van der Waals surface area contributed by atoms with Gasteiger partial charge in [0.2, 0.25) is 0 Å². The number of carbonyl (C=O) groups excluding carboxylic acids is 1. The summed E-state index contributed by atoms with van der Waals surface area (Å²) in [5.41, 5.74) is 3.84. The second-order valence-corrected chi connectivity index (χ2v) is 7.60. The molecular weight excluding hydrogens is 326 g/mol. The average Bonchev–Trinajstić information content (AvgIpc) is 3.13. The molecule has 2 aliphatic heterocycles. The third-order valence-electron chi connectivity index (χ3n) is 5.81. The number of nitrogens with one attached hydrogen (secondary N) is 2. The van der Waals surface area contributed by atoms with Crippen molar-refractivity contribution in [1.82, 2.24) is 15.2 Å². The molecule has 1 aromatic carbocycles. The molecule has 2 unspecified atom stereocenters. The zero-order valence-corrected chi connectivity index (χ0v) is 15.7. The van der Waals surface area contributed by atoms with Crippen LogP contribution >= 0.6 is 0 Å². The second-order valence-electron chi connectivity index (χ2n) is 7.60. The van der Waals surface area contributed by atoms with Gasteiger partial charge in [0.15, 0.2) is 0 Å². The Bertz CT molecular complexity index is 797. The number of benzene rings is 1. The zero-order chi connectivity index (χ0) is 18.3. The molecular formula is C21H27N3O2. The molecule has 1 aromatic heterocycles. The van der Waals surface area contributed by atoms with Gasteiger partial charge in [0.1, 0.15) is 5.75 Å². The van der Waals surface area contributed by atoms with E-state index in [4.69, 9.17) is 4.74 Å². The van der Waals surface area contributed by atoms with Crippen LogP contribution in [0.1, 0.15) is 47.4 Å². The second kappa shape index (κ2) is 6.80. The van der Waals surface area contributed by atoms with Crippen LogP contribution in [-0.4, -0.2) is 35.7 Å². The maximum absolute atomic E-state index is 12.9. The van der Waals surface area contributed by atoms with E-state index in [-0.39, 0.29) is 11.9 Å². The van der Waals surface area contributed by atoms with Crippen LogP contribution in [-0.2, 0) is 0 Å². The monoisotopic (exact) mass is 353 g/mol. The highest BCUT2D eigenvalue weighted by Gasteiger charge is 2.34. The molecule has 2 N–H and O–H groups in total. The topological polar surface area (TPSA) is 55.3 Å². The highest BCUT2D eigenvalue weighted by atomic mass is 16.5. The summed E-state index contributed by atoms with van der Waals surface area (Å²) in [7, 11) is 1.66. The Morgan fingerprint density at radius 3 is 2.42 bits per heavy atom. The number of amides is 1. The first kappa shape index (κ1) is 17.2. The van der Waals surface area contributed by atoms with Gasteiger partial charge in [-0.2, -0.15) is 0 Å². The SMILES string of the molecule is COc1ccc(-n2c(C)cc(C(=O)NC3CC4CCC(C3)N4)c2C)cc1. The number of hydrogen-bond donors (Lipinski definition) is 2. The smallest absolute Gasteiger partial charge is 0.253 e. The lowest BCUT2D eigenvalue weighted by atomic mass is 9.99. The van der Waals surface area contributed by atoms with Crippen LogP contribution in [0.2, 0.25) is 0 Å². The minimum Gasteiger partial charge on any atom is -0.497 e. The highest BCUT2D eigenvalue weighted by Crippen LogP contribution is 2.28. The van der Waals surface area contributed by atoms with Gasteiger partial charge in [-0.25, -0.2) is 0 Å². The van der Waals surface area contributed by atoms with Gasteiger partial charge >= 0.3 is 0 Å². The Labute approximate surface area is 154 Å². The Kier molecular flexibility index (Phi) is 4.49. The largest absolute Gasteiger partial charge is 0.497 e. The maximum atomic E-state index is 12.9. The zero-order valence-electron chi connectivity index (χ0n) is 15.7. The summed E-state index contributed by atoms with van der Waals surface area (Å²) in [6.45, 7) is 4.05. The van der Waals surface area contributed by atoms with Gasteiger partial charge in [-0.1, -0.05) is 0 Å². The van der Waals surface area contributed by atoms with Crippen LogP contribution in [0.5, 0.6) is 5.75 Å². The van der Waals surface area contributed by atoms with Crippen LogP contribution in [0.15, 0.2) is 30.3 Å². The first-order valence-corrected chi connectivity index (χ1v) is 9.45. The van der Waals surface area contributed by atoms with Crippen LogP contribution in [0.3, 0.4) is 0 Å². The summed E-state index contributed by atoms with van der Waals surface area (Å²) in [4.78, 5) is 12.9. The predicted molar refractivity (Wildman–Crippen MR) is 102 cm³/mol. The number of fused-ring (bicyclic) bond motifs is 2. The fraction of sp³-hybridized carbons (Fsp3) is 0.476. The molecule has 138 valence electrons. The molecule has 0 spiro atoms. The van der Waals surface area contributed by atoms with Crippen molar-refractivity contribution in [2.45, 2.75) is 57.7 Å². The van der Waals surface area contributed by atoms with Crippen molar-refractivity contribution in [3.05, 3.63) is 47.3 Å². The van der Waals surface area contributed by atoms with Crippen molar-refractivity contribution in [2.24, 2.45) is 0 Å². The van der Waals surface area contributed by atoms with Crippen molar-refractivity contribution in [2.75, 3.05) is 7.11 Å². The molecule has 2 saturated heterocycles. The fourth-order valence-corrected chi connectivity index (χ4v) is 4.56. The molecule has 2 aliphatic rings. The number of aryl methyl sites for hydroxylation is 1. The number of ether oxygens (including phenoxy) is 1. The van der Waals surface area contributed by atoms with E-state index in [1.807, 2.05) is 44.2 Å². The van der Waals surface area contributed by atoms with E-state index in [1.165, 1.54) is 12.8 Å². The minimum atomic E-state index is 0.0455. The number of piperidine rings is 1. The normalized spacial score (nSPS) is 24.5. The lowest BCUT2D eigenvalue weighted by Gasteiger charge is -2.29. The van der Waals surface area contributed by atoms with E-state index < -0.39 is 0 Å². The number of hydrogen-bond acceptors (Lipinski definition) is 3. The van der Waals surface area contributed by atoms with Gasteiger partial charge in [-0.05, 0) is 69.9 Å². The molecule has 5 nitrogen and oxygen atoms in total. The van der Waals surface area contributed by atoms with Crippen molar-refractivity contribution < 1.29 is 9.53 Å². The molecule has 2 atom stereocenters. The molecule has 2 aromatic rings. The number of aromatic nitrogens is 1. The molecule has 0 saturated carbocycles. The molecule has 3 heterocycles. The predicted octanol–water partition coefficient (Wildman–Crippen LogP) is 3.12. The first-order chi connectivity index (χ1) is 12.5. The van der Waals surface area contributed by atoms with Crippen LogP contribution in [0.25, 0.3) is 5.69 Å². The van der Waals surface area contributed by atoms with Crippen LogP contribution in [0.4, 0.5) is 0 Å². The Morgan fingerprint density at radius 1 is 1.15 bits per heavy atom. The Hall–Kier alpha value is -2.27. The Balaban J connectivity index is 1.54. The molecule has 2 bridgehead atoms. The lowest BCUT2D eigenvalue weighted by molar-refractivity contribution is 0.0923. The van der Waals surface area contributed by atoms with Gasteiger partial charge in [0.25, 0.3) is 5.91 Å². The highest BCUT2D eigenvalue weighted by molar-refractivity contribution is 5.96.